The van der Waals surface area contributed by atoms with Gasteiger partial charge < -0.3 is 10.6 Å². The first-order valence-electron chi connectivity index (χ1n) is 8.00. The zero-order valence-corrected chi connectivity index (χ0v) is 12.9. The van der Waals surface area contributed by atoms with Gasteiger partial charge in [-0.05, 0) is 25.2 Å². The number of pyridine rings is 1. The summed E-state index contributed by atoms with van der Waals surface area (Å²) in [5.74, 6) is -0.271. The van der Waals surface area contributed by atoms with Crippen molar-refractivity contribution in [3.05, 3.63) is 17.7 Å². The molecule has 5 heteroatoms. The van der Waals surface area contributed by atoms with E-state index >= 15 is 0 Å². The van der Waals surface area contributed by atoms with Gasteiger partial charge in [0.15, 0.2) is 23.3 Å². The lowest BCUT2D eigenvalue weighted by Crippen LogP contribution is -2.28. The van der Waals surface area contributed by atoms with E-state index in [1.165, 1.54) is 6.42 Å². The Kier molecular flexibility index (Phi) is 5.76. The summed E-state index contributed by atoms with van der Waals surface area (Å²) in [7, 11) is 0. The summed E-state index contributed by atoms with van der Waals surface area (Å²) in [4.78, 5) is 4.08. The molecule has 1 saturated carbocycles. The third-order valence-electron chi connectivity index (χ3n) is 4.17. The number of hydrogen-bond acceptors (Lipinski definition) is 3. The molecule has 118 valence electrons. The molecule has 2 N–H and O–H groups in total. The van der Waals surface area contributed by atoms with Gasteiger partial charge in [0.1, 0.15) is 0 Å². The predicted molar refractivity (Wildman–Crippen MR) is 82.6 cm³/mol. The van der Waals surface area contributed by atoms with Gasteiger partial charge in [0, 0.05) is 18.7 Å². The molecular formula is C16H25F2N3. The molecule has 3 nitrogen and oxygen atoms in total. The highest BCUT2D eigenvalue weighted by Crippen LogP contribution is 2.29. The summed E-state index contributed by atoms with van der Waals surface area (Å²) < 4.78 is 27.6. The lowest BCUT2D eigenvalue weighted by atomic mass is 9.84. The molecule has 1 aliphatic rings. The maximum absolute atomic E-state index is 13.9. The Morgan fingerprint density at radius 3 is 2.67 bits per heavy atom. The monoisotopic (exact) mass is 297 g/mol. The van der Waals surface area contributed by atoms with Gasteiger partial charge in [-0.15, -0.1) is 0 Å². The quantitative estimate of drug-likeness (QED) is 0.808. The molecule has 1 aromatic heterocycles. The van der Waals surface area contributed by atoms with Gasteiger partial charge in [-0.25, -0.2) is 13.8 Å². The molecule has 2 atom stereocenters. The molecule has 0 aromatic carbocycles. The van der Waals surface area contributed by atoms with Crippen LogP contribution in [0.4, 0.5) is 20.4 Å². The van der Waals surface area contributed by atoms with Crippen LogP contribution in [0, 0.1) is 17.6 Å². The topological polar surface area (TPSA) is 37.0 Å². The number of nitrogens with zero attached hydrogens (tertiary/aromatic N) is 1. The highest BCUT2D eigenvalue weighted by Gasteiger charge is 2.22. The fraction of sp³-hybridized carbons (Fsp3) is 0.688. The summed E-state index contributed by atoms with van der Waals surface area (Å²) >= 11 is 0. The Morgan fingerprint density at radius 2 is 1.95 bits per heavy atom. The normalized spacial score (nSPS) is 22.1. The minimum atomic E-state index is -0.637. The first kappa shape index (κ1) is 16.0. The highest BCUT2D eigenvalue weighted by molar-refractivity contribution is 5.48. The molecule has 2 unspecified atom stereocenters. The maximum Gasteiger partial charge on any atom is 0.168 e. The number of halogens is 2. The van der Waals surface area contributed by atoms with Crippen molar-refractivity contribution < 1.29 is 8.78 Å². The number of anilines is 2. The van der Waals surface area contributed by atoms with Crippen LogP contribution in [0.1, 0.15) is 52.4 Å². The van der Waals surface area contributed by atoms with E-state index in [0.717, 1.165) is 38.2 Å². The van der Waals surface area contributed by atoms with Gasteiger partial charge in [-0.1, -0.05) is 33.1 Å². The Balaban J connectivity index is 2.07. The Morgan fingerprint density at radius 1 is 1.19 bits per heavy atom. The van der Waals surface area contributed by atoms with E-state index < -0.39 is 11.6 Å². The van der Waals surface area contributed by atoms with E-state index in [1.807, 2.05) is 6.92 Å². The molecular weight excluding hydrogens is 272 g/mol. The van der Waals surface area contributed by atoms with Crippen molar-refractivity contribution >= 4 is 11.6 Å². The van der Waals surface area contributed by atoms with Crippen LogP contribution in [0.25, 0.3) is 0 Å². The van der Waals surface area contributed by atoms with E-state index in [4.69, 9.17) is 0 Å². The zero-order chi connectivity index (χ0) is 15.2. The van der Waals surface area contributed by atoms with E-state index in [0.29, 0.717) is 12.5 Å². The van der Waals surface area contributed by atoms with Crippen LogP contribution in [0.5, 0.6) is 0 Å². The van der Waals surface area contributed by atoms with Crippen LogP contribution in [-0.4, -0.2) is 17.6 Å². The molecule has 0 spiro atoms. The fourth-order valence-electron chi connectivity index (χ4n) is 2.92. The fourth-order valence-corrected chi connectivity index (χ4v) is 2.92. The summed E-state index contributed by atoms with van der Waals surface area (Å²) in [6.07, 6.45) is 6.47. The van der Waals surface area contributed by atoms with E-state index in [2.05, 4.69) is 22.5 Å². The van der Waals surface area contributed by atoms with Gasteiger partial charge in [-0.2, -0.15) is 0 Å². The van der Waals surface area contributed by atoms with E-state index in [1.54, 1.807) is 0 Å². The first-order valence-corrected chi connectivity index (χ1v) is 8.00. The second-order valence-electron chi connectivity index (χ2n) is 5.86. The molecule has 0 radical (unpaired) electrons. The lowest BCUT2D eigenvalue weighted by Gasteiger charge is -2.29. The second kappa shape index (κ2) is 7.57. The predicted octanol–water partition coefficient (Wildman–Crippen LogP) is 4.56. The smallest absolute Gasteiger partial charge is 0.168 e. The van der Waals surface area contributed by atoms with E-state index in [9.17, 15) is 8.78 Å². The van der Waals surface area contributed by atoms with Gasteiger partial charge in [0.25, 0.3) is 0 Å². The first-order chi connectivity index (χ1) is 10.1. The lowest BCUT2D eigenvalue weighted by molar-refractivity contribution is 0.326. The van der Waals surface area contributed by atoms with Crippen molar-refractivity contribution in [3.63, 3.8) is 0 Å². The number of rotatable bonds is 6. The van der Waals surface area contributed by atoms with Crippen LogP contribution < -0.4 is 10.6 Å². The molecule has 1 heterocycles. The van der Waals surface area contributed by atoms with Gasteiger partial charge >= 0.3 is 0 Å². The average molecular weight is 297 g/mol. The standard InChI is InChI=1S/C16H25F2N3/c1-3-8-19-15-13(17)10-14(18)16(21-15)20-12-7-5-6-11(4-2)9-12/h10-12H,3-9H2,1-2H3,(H2,19,20,21). The van der Waals surface area contributed by atoms with Crippen molar-refractivity contribution in [2.24, 2.45) is 5.92 Å². The number of nitrogens with one attached hydrogen (secondary N) is 2. The number of aromatic nitrogens is 1. The van der Waals surface area contributed by atoms with Crippen LogP contribution >= 0.6 is 0 Å². The SMILES string of the molecule is CCCNc1nc(NC2CCCC(CC)C2)c(F)cc1F. The summed E-state index contributed by atoms with van der Waals surface area (Å²) in [6.45, 7) is 4.80. The molecule has 0 bridgehead atoms. The van der Waals surface area contributed by atoms with Crippen molar-refractivity contribution in [1.29, 1.82) is 0 Å². The van der Waals surface area contributed by atoms with E-state index in [-0.39, 0.29) is 17.7 Å². The Hall–Kier alpha value is -1.39. The van der Waals surface area contributed by atoms with Crippen LogP contribution in [0.2, 0.25) is 0 Å². The Labute approximate surface area is 125 Å². The molecule has 1 aromatic rings. The van der Waals surface area contributed by atoms with Crippen molar-refractivity contribution in [2.75, 3.05) is 17.2 Å². The van der Waals surface area contributed by atoms with Gasteiger partial charge in [0.2, 0.25) is 0 Å². The van der Waals surface area contributed by atoms with Crippen molar-refractivity contribution in [3.8, 4) is 0 Å². The highest BCUT2D eigenvalue weighted by atomic mass is 19.1. The maximum atomic E-state index is 13.9. The van der Waals surface area contributed by atoms with Crippen molar-refractivity contribution in [1.82, 2.24) is 4.98 Å². The molecule has 21 heavy (non-hydrogen) atoms. The third-order valence-corrected chi connectivity index (χ3v) is 4.17. The Bertz CT molecular complexity index is 465. The second-order valence-corrected chi connectivity index (χ2v) is 5.86. The van der Waals surface area contributed by atoms with Crippen LogP contribution in [-0.2, 0) is 0 Å². The van der Waals surface area contributed by atoms with Gasteiger partial charge in [-0.3, -0.25) is 0 Å². The van der Waals surface area contributed by atoms with Gasteiger partial charge in [0.05, 0.1) is 0 Å². The summed E-state index contributed by atoms with van der Waals surface area (Å²) in [5, 5.41) is 6.06. The third kappa shape index (κ3) is 4.29. The summed E-state index contributed by atoms with van der Waals surface area (Å²) in [6, 6.07) is 1.14. The summed E-state index contributed by atoms with van der Waals surface area (Å²) in [5.41, 5.74) is 0. The molecule has 2 rings (SSSR count). The minimum Gasteiger partial charge on any atom is -0.368 e. The minimum absolute atomic E-state index is 0.128. The zero-order valence-electron chi connectivity index (χ0n) is 12.9. The number of hydrogen-bond donors (Lipinski definition) is 2. The average Bonchev–Trinajstić information content (AvgIpc) is 2.49. The molecule has 1 fully saturated rings. The molecule has 1 aliphatic carbocycles. The molecule has 0 amide bonds. The van der Waals surface area contributed by atoms with Crippen molar-refractivity contribution in [2.45, 2.75) is 58.4 Å². The molecule has 0 aliphatic heterocycles. The molecule has 0 saturated heterocycles. The van der Waals surface area contributed by atoms with Crippen LogP contribution in [0.15, 0.2) is 6.07 Å². The largest absolute Gasteiger partial charge is 0.368 e. The van der Waals surface area contributed by atoms with Crippen LogP contribution in [0.3, 0.4) is 0 Å².